The Kier molecular flexibility index (Phi) is 5.26. The van der Waals surface area contributed by atoms with Crippen molar-refractivity contribution in [3.05, 3.63) is 15.9 Å². The van der Waals surface area contributed by atoms with Crippen LogP contribution in [-0.4, -0.2) is 45.0 Å². The zero-order valence-corrected chi connectivity index (χ0v) is 14.4. The third-order valence-electron chi connectivity index (χ3n) is 4.31. The lowest BCUT2D eigenvalue weighted by molar-refractivity contribution is 0.0238. The molecule has 0 spiro atoms. The first-order valence-electron chi connectivity index (χ1n) is 7.58. The molecule has 0 amide bonds. The van der Waals surface area contributed by atoms with Crippen LogP contribution in [0.15, 0.2) is 4.47 Å². The van der Waals surface area contributed by atoms with Gasteiger partial charge in [0.25, 0.3) is 0 Å². The highest BCUT2D eigenvalue weighted by molar-refractivity contribution is 9.10. The van der Waals surface area contributed by atoms with Crippen molar-refractivity contribution in [1.82, 2.24) is 14.7 Å². The van der Waals surface area contributed by atoms with Crippen LogP contribution in [0.25, 0.3) is 0 Å². The van der Waals surface area contributed by atoms with Crippen molar-refractivity contribution in [3.63, 3.8) is 0 Å². The van der Waals surface area contributed by atoms with Crippen molar-refractivity contribution in [2.75, 3.05) is 19.6 Å². The number of nitrogens with zero attached hydrogens (tertiary/aromatic N) is 3. The van der Waals surface area contributed by atoms with Crippen LogP contribution in [0.3, 0.4) is 0 Å². The van der Waals surface area contributed by atoms with Crippen LogP contribution >= 0.6 is 15.9 Å². The Labute approximate surface area is 130 Å². The zero-order valence-electron chi connectivity index (χ0n) is 12.8. The van der Waals surface area contributed by atoms with Gasteiger partial charge in [0, 0.05) is 20.0 Å². The third-order valence-corrected chi connectivity index (χ3v) is 5.34. The predicted molar refractivity (Wildman–Crippen MR) is 84.9 cm³/mol. The number of aromatic nitrogens is 2. The summed E-state index contributed by atoms with van der Waals surface area (Å²) >= 11 is 3.60. The van der Waals surface area contributed by atoms with E-state index in [0.29, 0.717) is 6.42 Å². The maximum absolute atomic E-state index is 11.0. The van der Waals surface area contributed by atoms with Gasteiger partial charge >= 0.3 is 0 Å². The third kappa shape index (κ3) is 3.62. The fourth-order valence-corrected chi connectivity index (χ4v) is 3.61. The van der Waals surface area contributed by atoms with Crippen molar-refractivity contribution < 1.29 is 5.11 Å². The Hall–Kier alpha value is -0.390. The van der Waals surface area contributed by atoms with E-state index in [0.717, 1.165) is 54.8 Å². The number of likely N-dealkylation sites (tertiary alicyclic amines) is 1. The quantitative estimate of drug-likeness (QED) is 0.913. The van der Waals surface area contributed by atoms with Crippen LogP contribution in [0.1, 0.15) is 44.0 Å². The topological polar surface area (TPSA) is 41.3 Å². The molecule has 1 unspecified atom stereocenters. The van der Waals surface area contributed by atoms with E-state index in [2.05, 4.69) is 32.9 Å². The first kappa shape index (κ1) is 16.0. The number of halogens is 1. The van der Waals surface area contributed by atoms with E-state index in [-0.39, 0.29) is 0 Å². The molecular weight excluding hydrogens is 318 g/mol. The van der Waals surface area contributed by atoms with Crippen molar-refractivity contribution in [2.45, 2.75) is 51.6 Å². The lowest BCUT2D eigenvalue weighted by Gasteiger charge is -2.27. The zero-order chi connectivity index (χ0) is 14.8. The van der Waals surface area contributed by atoms with Crippen molar-refractivity contribution in [1.29, 1.82) is 0 Å². The molecule has 1 atom stereocenters. The van der Waals surface area contributed by atoms with Crippen molar-refractivity contribution in [3.8, 4) is 0 Å². The molecule has 0 saturated carbocycles. The van der Waals surface area contributed by atoms with Crippen LogP contribution in [0.4, 0.5) is 0 Å². The minimum atomic E-state index is -0.592. The molecule has 4 nitrogen and oxygen atoms in total. The average molecular weight is 344 g/mol. The van der Waals surface area contributed by atoms with Gasteiger partial charge in [0.15, 0.2) is 0 Å². The largest absolute Gasteiger partial charge is 0.389 e. The van der Waals surface area contributed by atoms with Crippen LogP contribution in [0.2, 0.25) is 0 Å². The van der Waals surface area contributed by atoms with E-state index in [9.17, 15) is 5.11 Å². The summed E-state index contributed by atoms with van der Waals surface area (Å²) in [7, 11) is 1.95. The van der Waals surface area contributed by atoms with Gasteiger partial charge in [-0.2, -0.15) is 5.10 Å². The molecule has 1 aliphatic rings. The van der Waals surface area contributed by atoms with E-state index in [1.165, 1.54) is 6.42 Å². The van der Waals surface area contributed by atoms with Gasteiger partial charge in [0.2, 0.25) is 0 Å². The monoisotopic (exact) mass is 343 g/mol. The standard InChI is InChI=1S/C15H26BrN3O/c1-4-8-19-9-5-6-15(20,7-10-19)11-13-14(16)12(2)17-18(13)3/h20H,4-11H2,1-3H3. The molecule has 114 valence electrons. The number of aliphatic hydroxyl groups is 1. The predicted octanol–water partition coefficient (Wildman–Crippen LogP) is 2.66. The Morgan fingerprint density at radius 1 is 1.35 bits per heavy atom. The van der Waals surface area contributed by atoms with Gasteiger partial charge in [-0.15, -0.1) is 0 Å². The van der Waals surface area contributed by atoms with Crippen LogP contribution in [0.5, 0.6) is 0 Å². The summed E-state index contributed by atoms with van der Waals surface area (Å²) in [6.07, 6.45) is 4.67. The Balaban J connectivity index is 2.07. The molecule has 0 aromatic carbocycles. The SMILES string of the molecule is CCCN1CCCC(O)(Cc2c(Br)c(C)nn2C)CC1. The summed E-state index contributed by atoms with van der Waals surface area (Å²) in [4.78, 5) is 2.47. The minimum absolute atomic E-state index is 0.592. The van der Waals surface area contributed by atoms with E-state index in [1.807, 2.05) is 18.7 Å². The van der Waals surface area contributed by atoms with Crippen LogP contribution < -0.4 is 0 Å². The Bertz CT molecular complexity index is 460. The molecule has 1 aliphatic heterocycles. The number of rotatable bonds is 4. The molecule has 0 radical (unpaired) electrons. The highest BCUT2D eigenvalue weighted by Gasteiger charge is 2.32. The van der Waals surface area contributed by atoms with Crippen LogP contribution in [0, 0.1) is 6.92 Å². The van der Waals surface area contributed by atoms with E-state index in [4.69, 9.17) is 0 Å². The van der Waals surface area contributed by atoms with Gasteiger partial charge in [-0.05, 0) is 61.6 Å². The summed E-state index contributed by atoms with van der Waals surface area (Å²) < 4.78 is 2.94. The molecule has 5 heteroatoms. The highest BCUT2D eigenvalue weighted by Crippen LogP contribution is 2.30. The summed E-state index contributed by atoms with van der Waals surface area (Å²) in [5.74, 6) is 0. The molecule has 1 aromatic rings. The second-order valence-corrected chi connectivity index (χ2v) is 6.86. The molecule has 1 N–H and O–H groups in total. The van der Waals surface area contributed by atoms with E-state index >= 15 is 0 Å². The molecule has 0 bridgehead atoms. The van der Waals surface area contributed by atoms with Gasteiger partial charge in [-0.3, -0.25) is 4.68 Å². The van der Waals surface area contributed by atoms with E-state index in [1.54, 1.807) is 0 Å². The smallest absolute Gasteiger partial charge is 0.0738 e. The first-order valence-corrected chi connectivity index (χ1v) is 8.37. The summed E-state index contributed by atoms with van der Waals surface area (Å²) in [5, 5.41) is 15.4. The van der Waals surface area contributed by atoms with Crippen LogP contribution in [-0.2, 0) is 13.5 Å². The maximum Gasteiger partial charge on any atom is 0.0738 e. The van der Waals surface area contributed by atoms with Gasteiger partial charge in [0.05, 0.1) is 21.5 Å². The second-order valence-electron chi connectivity index (χ2n) is 6.07. The molecule has 0 aliphatic carbocycles. The summed E-state index contributed by atoms with van der Waals surface area (Å²) in [5.41, 5.74) is 1.51. The van der Waals surface area contributed by atoms with Crippen molar-refractivity contribution in [2.24, 2.45) is 7.05 Å². The molecule has 1 fully saturated rings. The minimum Gasteiger partial charge on any atom is -0.389 e. The molecule has 2 rings (SSSR count). The molecule has 1 aromatic heterocycles. The molecule has 20 heavy (non-hydrogen) atoms. The highest BCUT2D eigenvalue weighted by atomic mass is 79.9. The number of hydrogen-bond donors (Lipinski definition) is 1. The molecule has 2 heterocycles. The number of hydrogen-bond acceptors (Lipinski definition) is 3. The van der Waals surface area contributed by atoms with E-state index < -0.39 is 5.60 Å². The second kappa shape index (κ2) is 6.58. The van der Waals surface area contributed by atoms with Gasteiger partial charge in [0.1, 0.15) is 0 Å². The lowest BCUT2D eigenvalue weighted by atomic mass is 9.89. The first-order chi connectivity index (χ1) is 9.45. The number of aryl methyl sites for hydroxylation is 2. The van der Waals surface area contributed by atoms with Gasteiger partial charge in [-0.1, -0.05) is 6.92 Å². The fourth-order valence-electron chi connectivity index (χ4n) is 3.14. The molecule has 1 saturated heterocycles. The summed E-state index contributed by atoms with van der Waals surface area (Å²) in [6.45, 7) is 7.46. The lowest BCUT2D eigenvalue weighted by Crippen LogP contribution is -2.34. The maximum atomic E-state index is 11.0. The summed E-state index contributed by atoms with van der Waals surface area (Å²) in [6, 6.07) is 0. The normalized spacial score (nSPS) is 24.9. The van der Waals surface area contributed by atoms with Gasteiger partial charge in [-0.25, -0.2) is 0 Å². The molecular formula is C15H26BrN3O. The average Bonchev–Trinajstić information content (AvgIpc) is 2.56. The fraction of sp³-hybridized carbons (Fsp3) is 0.800. The van der Waals surface area contributed by atoms with Gasteiger partial charge < -0.3 is 10.0 Å². The van der Waals surface area contributed by atoms with Crippen molar-refractivity contribution >= 4 is 15.9 Å². The Morgan fingerprint density at radius 2 is 2.10 bits per heavy atom. The Morgan fingerprint density at radius 3 is 2.70 bits per heavy atom.